The van der Waals surface area contributed by atoms with Gasteiger partial charge in [-0.1, -0.05) is 96.1 Å². The predicted molar refractivity (Wildman–Crippen MR) is 149 cm³/mol. The molecule has 0 spiro atoms. The van der Waals surface area contributed by atoms with E-state index in [2.05, 4.69) is 37.5 Å². The molecule has 0 bridgehead atoms. The lowest BCUT2D eigenvalue weighted by atomic mass is 10.0. The summed E-state index contributed by atoms with van der Waals surface area (Å²) in [6, 6.07) is 0. The molecule has 4 heteroatoms. The van der Waals surface area contributed by atoms with E-state index < -0.39 is 0 Å². The summed E-state index contributed by atoms with van der Waals surface area (Å²) in [5.41, 5.74) is 0. The van der Waals surface area contributed by atoms with E-state index in [1.165, 1.54) is 116 Å². The van der Waals surface area contributed by atoms with Gasteiger partial charge in [-0.2, -0.15) is 0 Å². The van der Waals surface area contributed by atoms with Crippen LogP contribution in [0.25, 0.3) is 0 Å². The average molecular weight is 477 g/mol. The number of hydrogen-bond acceptors (Lipinski definition) is 2. The summed E-state index contributed by atoms with van der Waals surface area (Å²) in [6.45, 7) is 10.0. The molecule has 1 rings (SSSR count). The van der Waals surface area contributed by atoms with Crippen LogP contribution < -0.4 is 5.32 Å². The van der Waals surface area contributed by atoms with Gasteiger partial charge in [-0.05, 0) is 39.0 Å². The van der Waals surface area contributed by atoms with Crippen molar-refractivity contribution in [3.05, 3.63) is 12.2 Å². The molecule has 0 saturated carbocycles. The van der Waals surface area contributed by atoms with E-state index in [9.17, 15) is 4.79 Å². The summed E-state index contributed by atoms with van der Waals surface area (Å²) >= 11 is 0. The van der Waals surface area contributed by atoms with Crippen LogP contribution in [0.5, 0.6) is 0 Å². The largest absolute Gasteiger partial charge is 0.351 e. The average Bonchev–Trinajstić information content (AvgIpc) is 3.23. The Morgan fingerprint density at radius 2 is 1.38 bits per heavy atom. The van der Waals surface area contributed by atoms with Crippen molar-refractivity contribution in [2.45, 2.75) is 143 Å². The van der Waals surface area contributed by atoms with Crippen molar-refractivity contribution in [2.75, 3.05) is 26.2 Å². The first-order chi connectivity index (χ1) is 16.6. The predicted octanol–water partition coefficient (Wildman–Crippen LogP) is 7.97. The molecule has 0 aromatic rings. The summed E-state index contributed by atoms with van der Waals surface area (Å²) in [5, 5.41) is 2.97. The summed E-state index contributed by atoms with van der Waals surface area (Å²) in [5.74, 6) is 0.0716. The van der Waals surface area contributed by atoms with Crippen LogP contribution in [0, 0.1) is 0 Å². The minimum atomic E-state index is 0.0716. The lowest BCUT2D eigenvalue weighted by molar-refractivity contribution is -0.935. The van der Waals surface area contributed by atoms with Gasteiger partial charge in [-0.3, -0.25) is 9.28 Å². The topological polar surface area (TPSA) is 41.5 Å². The Hall–Kier alpha value is -1.16. The van der Waals surface area contributed by atoms with Crippen molar-refractivity contribution in [3.8, 4) is 0 Å². The zero-order chi connectivity index (χ0) is 24.7. The number of likely N-dealkylation sites (N-methyl/N-ethyl adjacent to an activating group) is 1. The van der Waals surface area contributed by atoms with E-state index in [0.717, 1.165) is 30.7 Å². The van der Waals surface area contributed by atoms with Crippen LogP contribution >= 0.6 is 0 Å². The number of aliphatic imine (C=N–C) groups is 1. The van der Waals surface area contributed by atoms with Gasteiger partial charge in [0.15, 0.2) is 6.17 Å². The first kappa shape index (κ1) is 30.9. The quantitative estimate of drug-likeness (QED) is 0.0906. The molecule has 4 nitrogen and oxygen atoms in total. The number of carbonyl (C=O) groups is 1. The van der Waals surface area contributed by atoms with E-state index >= 15 is 0 Å². The van der Waals surface area contributed by atoms with Gasteiger partial charge >= 0.3 is 0 Å². The number of quaternary nitrogens is 1. The molecule has 0 fully saturated rings. The number of rotatable bonds is 23. The highest BCUT2D eigenvalue weighted by molar-refractivity contribution is 5.72. The highest BCUT2D eigenvalue weighted by atomic mass is 16.1. The van der Waals surface area contributed by atoms with Crippen LogP contribution in [0.3, 0.4) is 0 Å². The lowest BCUT2D eigenvalue weighted by Crippen LogP contribution is -2.55. The molecule has 0 radical (unpaired) electrons. The number of hydrogen-bond donors (Lipinski definition) is 1. The van der Waals surface area contributed by atoms with Crippen LogP contribution in [0.15, 0.2) is 17.1 Å². The van der Waals surface area contributed by atoms with Crippen LogP contribution in [-0.4, -0.2) is 48.9 Å². The summed E-state index contributed by atoms with van der Waals surface area (Å²) in [6.07, 6.45) is 31.9. The van der Waals surface area contributed by atoms with Crippen molar-refractivity contribution in [2.24, 2.45) is 4.99 Å². The molecule has 1 N–H and O–H groups in total. The highest BCUT2D eigenvalue weighted by Crippen LogP contribution is 2.24. The number of nitrogens with one attached hydrogen (secondary N) is 1. The summed E-state index contributed by atoms with van der Waals surface area (Å²) in [7, 11) is 0. The number of nitrogens with zero attached hydrogens (tertiary/aromatic N) is 2. The van der Waals surface area contributed by atoms with Crippen molar-refractivity contribution in [1.29, 1.82) is 0 Å². The van der Waals surface area contributed by atoms with Gasteiger partial charge in [0, 0.05) is 13.3 Å². The zero-order valence-corrected chi connectivity index (χ0v) is 23.2. The van der Waals surface area contributed by atoms with Gasteiger partial charge in [0.05, 0.1) is 25.8 Å². The van der Waals surface area contributed by atoms with E-state index in [1.54, 1.807) is 6.92 Å². The Bertz CT molecular complexity index is 545. The Morgan fingerprint density at radius 1 is 0.853 bits per heavy atom. The normalized spacial score (nSPS) is 19.9. The van der Waals surface area contributed by atoms with E-state index in [4.69, 9.17) is 4.99 Å². The maximum Gasteiger partial charge on any atom is 0.217 e. The molecule has 0 saturated heterocycles. The fraction of sp³-hybridized carbons (Fsp3) is 0.867. The molecule has 198 valence electrons. The fourth-order valence-corrected chi connectivity index (χ4v) is 5.24. The monoisotopic (exact) mass is 476 g/mol. The first-order valence-electron chi connectivity index (χ1n) is 14.9. The molecular formula is C30H58N3O+. The maximum atomic E-state index is 11.2. The fourth-order valence-electron chi connectivity index (χ4n) is 5.24. The highest BCUT2D eigenvalue weighted by Gasteiger charge is 2.37. The van der Waals surface area contributed by atoms with Crippen molar-refractivity contribution in [3.63, 3.8) is 0 Å². The molecule has 1 heterocycles. The molecule has 34 heavy (non-hydrogen) atoms. The van der Waals surface area contributed by atoms with Crippen LogP contribution in [-0.2, 0) is 4.79 Å². The molecule has 1 amide bonds. The van der Waals surface area contributed by atoms with E-state index in [0.29, 0.717) is 6.17 Å². The van der Waals surface area contributed by atoms with E-state index in [-0.39, 0.29) is 5.91 Å². The second-order valence-electron chi connectivity index (χ2n) is 10.5. The molecule has 0 aromatic carbocycles. The number of allylic oxidation sites excluding steroid dienone is 2. The maximum absolute atomic E-state index is 11.2. The van der Waals surface area contributed by atoms with Crippen LogP contribution in [0.4, 0.5) is 0 Å². The second-order valence-corrected chi connectivity index (χ2v) is 10.5. The molecule has 2 unspecified atom stereocenters. The van der Waals surface area contributed by atoms with Gasteiger partial charge in [0.1, 0.15) is 6.54 Å². The van der Waals surface area contributed by atoms with E-state index in [1.807, 2.05) is 0 Å². The third-order valence-electron chi connectivity index (χ3n) is 7.64. The first-order valence-corrected chi connectivity index (χ1v) is 14.9. The standard InChI is InChI=1S/C30H57N3O/c1-4-6-7-8-9-10-11-12-13-14-15-16-17-18-19-20-21-22-23-24-30-32-26-28-33(30,5-2)27-25-31-29(3)34/h9-10,26,30H,4-8,11-25,27-28H2,1-3H3/p+1/b10-9+. The second kappa shape index (κ2) is 21.1. The van der Waals surface area contributed by atoms with Gasteiger partial charge in [0.2, 0.25) is 5.91 Å². The third-order valence-corrected chi connectivity index (χ3v) is 7.64. The molecular weight excluding hydrogens is 418 g/mol. The molecule has 1 aliphatic rings. The Kier molecular flexibility index (Phi) is 19.2. The van der Waals surface area contributed by atoms with Gasteiger partial charge in [0.25, 0.3) is 0 Å². The third kappa shape index (κ3) is 15.0. The van der Waals surface area contributed by atoms with Crippen molar-refractivity contribution >= 4 is 12.1 Å². The Labute approximate surface area is 212 Å². The van der Waals surface area contributed by atoms with Gasteiger partial charge < -0.3 is 5.32 Å². The van der Waals surface area contributed by atoms with Crippen LogP contribution in [0.2, 0.25) is 0 Å². The number of amides is 1. The summed E-state index contributed by atoms with van der Waals surface area (Å²) in [4.78, 5) is 16.0. The smallest absolute Gasteiger partial charge is 0.217 e. The van der Waals surface area contributed by atoms with Crippen molar-refractivity contribution in [1.82, 2.24) is 5.32 Å². The Morgan fingerprint density at radius 3 is 1.91 bits per heavy atom. The molecule has 0 aliphatic carbocycles. The lowest BCUT2D eigenvalue weighted by Gasteiger charge is -2.38. The minimum absolute atomic E-state index is 0.0716. The number of unbranched alkanes of at least 4 members (excludes halogenated alkanes) is 15. The summed E-state index contributed by atoms with van der Waals surface area (Å²) < 4.78 is 1.02. The molecule has 1 aliphatic heterocycles. The van der Waals surface area contributed by atoms with Gasteiger partial charge in [-0.15, -0.1) is 0 Å². The van der Waals surface area contributed by atoms with Gasteiger partial charge in [-0.25, -0.2) is 4.99 Å². The van der Waals surface area contributed by atoms with Crippen LogP contribution in [0.1, 0.15) is 136 Å². The minimum Gasteiger partial charge on any atom is -0.351 e. The molecule has 0 aromatic heterocycles. The zero-order valence-electron chi connectivity index (χ0n) is 23.2. The SMILES string of the molecule is CCCCC/C=C/CCCCCCCCCCCCCCC1N=CC[N+]1(CC)CCNC(C)=O. The molecule has 2 atom stereocenters. The number of carbonyl (C=O) groups excluding carboxylic acids is 1. The van der Waals surface area contributed by atoms with Crippen molar-refractivity contribution < 1.29 is 9.28 Å². The Balaban J connectivity index is 1.90.